The third kappa shape index (κ3) is 5.58. The molecule has 0 saturated carbocycles. The zero-order valence-corrected chi connectivity index (χ0v) is 23.4. The van der Waals surface area contributed by atoms with Crippen LogP contribution in [0.25, 0.3) is 0 Å². The summed E-state index contributed by atoms with van der Waals surface area (Å²) < 4.78 is 15.2. The van der Waals surface area contributed by atoms with E-state index in [0.29, 0.717) is 29.9 Å². The Labute approximate surface area is 226 Å². The monoisotopic (exact) mass is 560 g/mol. The molecule has 0 aliphatic heterocycles. The van der Waals surface area contributed by atoms with E-state index in [0.717, 1.165) is 13.5 Å². The number of ketones is 1. The van der Waals surface area contributed by atoms with Gasteiger partial charge in [0.2, 0.25) is 5.41 Å². The summed E-state index contributed by atoms with van der Waals surface area (Å²) in [6, 6.07) is 1.49. The molecular formula is C26H31Cl3O7. The van der Waals surface area contributed by atoms with E-state index < -0.39 is 35.2 Å². The van der Waals surface area contributed by atoms with E-state index in [1.807, 2.05) is 6.92 Å². The molecular weight excluding hydrogens is 531 g/mol. The minimum absolute atomic E-state index is 0.0698. The Morgan fingerprint density at radius 3 is 2.14 bits per heavy atom. The molecule has 10 heteroatoms. The van der Waals surface area contributed by atoms with E-state index in [1.165, 1.54) is 6.07 Å². The highest BCUT2D eigenvalue weighted by Crippen LogP contribution is 2.50. The van der Waals surface area contributed by atoms with Crippen LogP contribution in [0.1, 0.15) is 74.9 Å². The third-order valence-electron chi connectivity index (χ3n) is 6.37. The molecule has 0 heterocycles. The molecule has 0 saturated heterocycles. The van der Waals surface area contributed by atoms with Gasteiger partial charge in [-0.1, -0.05) is 60.3 Å². The van der Waals surface area contributed by atoms with Gasteiger partial charge in [-0.15, -0.1) is 0 Å². The van der Waals surface area contributed by atoms with E-state index in [2.05, 4.69) is 0 Å². The first-order valence-electron chi connectivity index (χ1n) is 11.7. The summed E-state index contributed by atoms with van der Waals surface area (Å²) in [5.74, 6) is -3.10. The summed E-state index contributed by atoms with van der Waals surface area (Å²) in [6.45, 7) is 6.69. The summed E-state index contributed by atoms with van der Waals surface area (Å²) >= 11 is 19.4. The smallest absolute Gasteiger partial charge is 0.328 e. The normalized spacial score (nSPS) is 17.6. The van der Waals surface area contributed by atoms with Gasteiger partial charge in [-0.05, 0) is 45.6 Å². The molecule has 0 fully saturated rings. The van der Waals surface area contributed by atoms with Crippen LogP contribution in [-0.2, 0) is 40.4 Å². The molecule has 1 aromatic carbocycles. The zero-order chi connectivity index (χ0) is 27.3. The lowest BCUT2D eigenvalue weighted by atomic mass is 9.75. The number of hydrogen-bond donors (Lipinski definition) is 0. The maximum Gasteiger partial charge on any atom is 0.328 e. The van der Waals surface area contributed by atoms with Crippen LogP contribution in [0.3, 0.4) is 0 Å². The number of ether oxygens (including phenoxy) is 3. The number of carbonyl (C=O) groups excluding carboxylic acids is 4. The molecule has 0 bridgehead atoms. The quantitative estimate of drug-likeness (QED) is 0.186. The molecule has 1 aliphatic rings. The van der Waals surface area contributed by atoms with Gasteiger partial charge in [0, 0.05) is 21.6 Å². The Morgan fingerprint density at radius 2 is 1.67 bits per heavy atom. The number of halogens is 3. The number of Topliss-reactive ketones (excluding diaryl/α,β-unsaturated/α-hetero) is 1. The van der Waals surface area contributed by atoms with Gasteiger partial charge in [0.25, 0.3) is 0 Å². The Kier molecular flexibility index (Phi) is 10.4. The summed E-state index contributed by atoms with van der Waals surface area (Å²) in [5.41, 5.74) is -2.40. The maximum atomic E-state index is 13.7. The third-order valence-corrected chi connectivity index (χ3v) is 7.39. The molecule has 0 aromatic heterocycles. The first-order valence-corrected chi connectivity index (χ1v) is 12.9. The van der Waals surface area contributed by atoms with Gasteiger partial charge in [0.05, 0.1) is 36.8 Å². The van der Waals surface area contributed by atoms with Crippen molar-refractivity contribution in [3.63, 3.8) is 0 Å². The van der Waals surface area contributed by atoms with Crippen LogP contribution in [-0.4, -0.2) is 44.0 Å². The number of fused-ring (bicyclic) bond motifs is 1. The molecule has 1 aromatic rings. The molecule has 0 spiro atoms. The first kappa shape index (κ1) is 30.1. The number of allylic oxidation sites excluding steroid dienone is 2. The predicted molar refractivity (Wildman–Crippen MR) is 138 cm³/mol. The van der Waals surface area contributed by atoms with Crippen molar-refractivity contribution in [2.45, 2.75) is 65.2 Å². The van der Waals surface area contributed by atoms with E-state index >= 15 is 0 Å². The predicted octanol–water partition coefficient (Wildman–Crippen LogP) is 5.98. The van der Waals surface area contributed by atoms with Crippen molar-refractivity contribution in [3.05, 3.63) is 43.9 Å². The van der Waals surface area contributed by atoms with Gasteiger partial charge in [-0.2, -0.15) is 0 Å². The van der Waals surface area contributed by atoms with Gasteiger partial charge < -0.3 is 14.2 Å². The van der Waals surface area contributed by atoms with E-state index in [1.54, 1.807) is 26.8 Å². The molecule has 2 rings (SSSR count). The van der Waals surface area contributed by atoms with Crippen molar-refractivity contribution in [2.75, 3.05) is 20.3 Å². The van der Waals surface area contributed by atoms with Crippen LogP contribution in [0.4, 0.5) is 0 Å². The summed E-state index contributed by atoms with van der Waals surface area (Å²) in [4.78, 5) is 52.8. The van der Waals surface area contributed by atoms with Gasteiger partial charge in [0.15, 0.2) is 5.78 Å². The van der Waals surface area contributed by atoms with Gasteiger partial charge in [-0.3, -0.25) is 19.2 Å². The SMILES string of the molecule is CCCC1(CC=C(C)Cl)Cc2cc(C(CC(=O)OC)(C(=O)OCC)C(=O)OCC)c(Cl)c(Cl)c2C1=O. The van der Waals surface area contributed by atoms with Crippen molar-refractivity contribution in [3.8, 4) is 0 Å². The van der Waals surface area contributed by atoms with Crippen LogP contribution in [0, 0.1) is 5.41 Å². The summed E-state index contributed by atoms with van der Waals surface area (Å²) in [7, 11) is 1.13. The lowest BCUT2D eigenvalue weighted by Crippen LogP contribution is -2.48. The van der Waals surface area contributed by atoms with Crippen molar-refractivity contribution < 1.29 is 33.4 Å². The van der Waals surface area contributed by atoms with Crippen molar-refractivity contribution in [1.82, 2.24) is 0 Å². The second kappa shape index (κ2) is 12.4. The number of benzene rings is 1. The lowest BCUT2D eigenvalue weighted by Gasteiger charge is -2.30. The number of rotatable bonds is 11. The lowest BCUT2D eigenvalue weighted by molar-refractivity contribution is -0.169. The number of hydrogen-bond acceptors (Lipinski definition) is 7. The molecule has 7 nitrogen and oxygen atoms in total. The number of methoxy groups -OCH3 is 1. The Bertz CT molecular complexity index is 1060. The van der Waals surface area contributed by atoms with Gasteiger partial charge in [-0.25, -0.2) is 0 Å². The fourth-order valence-electron chi connectivity index (χ4n) is 4.71. The Hall–Kier alpha value is -2.09. The molecule has 1 aliphatic carbocycles. The average Bonchev–Trinajstić information content (AvgIpc) is 3.10. The molecule has 36 heavy (non-hydrogen) atoms. The molecule has 198 valence electrons. The first-order chi connectivity index (χ1) is 16.9. The molecule has 1 unspecified atom stereocenters. The number of carbonyl (C=O) groups is 4. The summed E-state index contributed by atoms with van der Waals surface area (Å²) in [5, 5.41) is 0.257. The standard InChI is InChI=1S/C26H31Cl3O7/c1-6-10-25(11-9-15(4)27)13-16-12-17(20(28)21(29)19(16)22(25)31)26(14-18(30)34-5,23(32)35-7-2)24(33)36-8-3/h9,12H,6-8,10-11,13-14H2,1-5H3. The van der Waals surface area contributed by atoms with E-state index in [-0.39, 0.29) is 40.2 Å². The van der Waals surface area contributed by atoms with E-state index in [9.17, 15) is 19.2 Å². The van der Waals surface area contributed by atoms with Crippen LogP contribution in [0.15, 0.2) is 17.2 Å². The van der Waals surface area contributed by atoms with Crippen LogP contribution in [0.2, 0.25) is 10.0 Å². The fraction of sp³-hybridized carbons (Fsp3) is 0.538. The van der Waals surface area contributed by atoms with Crippen molar-refractivity contribution >= 4 is 58.5 Å². The Morgan fingerprint density at radius 1 is 1.08 bits per heavy atom. The van der Waals surface area contributed by atoms with Crippen molar-refractivity contribution in [2.24, 2.45) is 5.41 Å². The number of esters is 3. The molecule has 0 N–H and O–H groups in total. The van der Waals surface area contributed by atoms with E-state index in [4.69, 9.17) is 49.0 Å². The van der Waals surface area contributed by atoms with Crippen LogP contribution in [0.5, 0.6) is 0 Å². The highest BCUT2D eigenvalue weighted by atomic mass is 35.5. The fourth-order valence-corrected chi connectivity index (χ4v) is 5.40. The molecule has 1 atom stereocenters. The minimum Gasteiger partial charge on any atom is -0.469 e. The molecule has 0 radical (unpaired) electrons. The second-order valence-electron chi connectivity index (χ2n) is 8.72. The Balaban J connectivity index is 2.86. The largest absolute Gasteiger partial charge is 0.469 e. The topological polar surface area (TPSA) is 96.0 Å². The molecule has 0 amide bonds. The van der Waals surface area contributed by atoms with Gasteiger partial charge >= 0.3 is 17.9 Å². The average molecular weight is 562 g/mol. The van der Waals surface area contributed by atoms with Gasteiger partial charge in [0.1, 0.15) is 0 Å². The van der Waals surface area contributed by atoms with Crippen LogP contribution < -0.4 is 0 Å². The minimum atomic E-state index is -2.28. The summed E-state index contributed by atoms with van der Waals surface area (Å²) in [6.07, 6.45) is 3.03. The second-order valence-corrected chi connectivity index (χ2v) is 10.1. The maximum absolute atomic E-state index is 13.7. The highest BCUT2D eigenvalue weighted by molar-refractivity contribution is 6.45. The van der Waals surface area contributed by atoms with Crippen molar-refractivity contribution in [1.29, 1.82) is 0 Å². The zero-order valence-electron chi connectivity index (χ0n) is 21.1. The highest BCUT2D eigenvalue weighted by Gasteiger charge is 2.55. The van der Waals surface area contributed by atoms with Crippen LogP contribution >= 0.6 is 34.8 Å².